The zero-order valence-corrected chi connectivity index (χ0v) is 13.4. The summed E-state index contributed by atoms with van der Waals surface area (Å²) in [5.74, 6) is 0. The second-order valence-corrected chi connectivity index (χ2v) is 5.95. The summed E-state index contributed by atoms with van der Waals surface area (Å²) in [7, 11) is 1.81. The van der Waals surface area contributed by atoms with Crippen molar-refractivity contribution >= 4 is 17.0 Å². The van der Waals surface area contributed by atoms with Crippen LogP contribution in [0.4, 0.5) is 0 Å². The first-order chi connectivity index (χ1) is 9.65. The SMILES string of the molecule is C\C=C(/C1=C\C=C(\C)CCC=C1)n1nc(C)sc1=NC. The van der Waals surface area contributed by atoms with Crippen LogP contribution in [0.15, 0.2) is 46.5 Å². The van der Waals surface area contributed by atoms with Crippen molar-refractivity contribution < 1.29 is 0 Å². The number of aryl methyl sites for hydroxylation is 1. The van der Waals surface area contributed by atoms with Crippen molar-refractivity contribution in [2.75, 3.05) is 7.05 Å². The molecule has 3 nitrogen and oxygen atoms in total. The van der Waals surface area contributed by atoms with Crippen LogP contribution in [-0.4, -0.2) is 16.8 Å². The maximum absolute atomic E-state index is 4.58. The van der Waals surface area contributed by atoms with Gasteiger partial charge in [-0.3, -0.25) is 4.99 Å². The first-order valence-corrected chi connectivity index (χ1v) is 7.68. The van der Waals surface area contributed by atoms with Crippen LogP contribution in [0.25, 0.3) is 5.70 Å². The molecule has 0 bridgehead atoms. The third kappa shape index (κ3) is 3.25. The minimum atomic E-state index is 0.924. The van der Waals surface area contributed by atoms with Gasteiger partial charge in [-0.15, -0.1) is 0 Å². The highest BCUT2D eigenvalue weighted by Gasteiger charge is 2.09. The van der Waals surface area contributed by atoms with Gasteiger partial charge in [0.1, 0.15) is 5.01 Å². The van der Waals surface area contributed by atoms with Gasteiger partial charge >= 0.3 is 0 Å². The zero-order valence-electron chi connectivity index (χ0n) is 12.6. The molecule has 0 N–H and O–H groups in total. The molecule has 20 heavy (non-hydrogen) atoms. The summed E-state index contributed by atoms with van der Waals surface area (Å²) >= 11 is 1.61. The molecule has 0 radical (unpaired) electrons. The quantitative estimate of drug-likeness (QED) is 0.812. The predicted molar refractivity (Wildman–Crippen MR) is 86.5 cm³/mol. The van der Waals surface area contributed by atoms with Crippen LogP contribution in [0.3, 0.4) is 0 Å². The molecule has 0 aromatic carbocycles. The van der Waals surface area contributed by atoms with E-state index < -0.39 is 0 Å². The van der Waals surface area contributed by atoms with E-state index in [1.54, 1.807) is 11.3 Å². The summed E-state index contributed by atoms with van der Waals surface area (Å²) < 4.78 is 1.93. The van der Waals surface area contributed by atoms with E-state index in [1.807, 2.05) is 25.6 Å². The second kappa shape index (κ2) is 6.66. The smallest absolute Gasteiger partial charge is 0.207 e. The average molecular weight is 287 g/mol. The van der Waals surface area contributed by atoms with E-state index in [0.29, 0.717) is 0 Å². The molecule has 0 saturated heterocycles. The molecule has 1 aliphatic rings. The minimum absolute atomic E-state index is 0.924. The predicted octanol–water partition coefficient (Wildman–Crippen LogP) is 3.87. The number of rotatable bonds is 2. The molecule has 4 heteroatoms. The Labute approximate surface area is 124 Å². The van der Waals surface area contributed by atoms with E-state index in [2.05, 4.69) is 47.4 Å². The Morgan fingerprint density at radius 3 is 2.90 bits per heavy atom. The maximum Gasteiger partial charge on any atom is 0.207 e. The van der Waals surface area contributed by atoms with Crippen molar-refractivity contribution in [1.82, 2.24) is 9.78 Å². The Hall–Kier alpha value is -1.68. The largest absolute Gasteiger partial charge is 0.261 e. The number of nitrogens with zero attached hydrogens (tertiary/aromatic N) is 3. The first-order valence-electron chi connectivity index (χ1n) is 6.86. The standard InChI is InChI=1S/C16H21N3S/c1-5-15(19-16(17-4)20-13(3)18-19)14-9-7-6-8-12(2)10-11-14/h5,7,9-11H,6,8H2,1-4H3/b9-7?,12-10-,14-11-,15-5+,17-16?. The fraction of sp³-hybridized carbons (Fsp3) is 0.375. The van der Waals surface area contributed by atoms with Crippen LogP contribution in [0, 0.1) is 6.92 Å². The molecule has 0 fully saturated rings. The number of hydrogen-bond acceptors (Lipinski definition) is 3. The summed E-state index contributed by atoms with van der Waals surface area (Å²) in [6.45, 7) is 6.23. The van der Waals surface area contributed by atoms with Gasteiger partial charge in [0.05, 0.1) is 5.70 Å². The molecular formula is C16H21N3S. The minimum Gasteiger partial charge on any atom is -0.261 e. The van der Waals surface area contributed by atoms with Crippen LogP contribution in [0.1, 0.15) is 31.7 Å². The van der Waals surface area contributed by atoms with Crippen LogP contribution in [-0.2, 0) is 0 Å². The lowest BCUT2D eigenvalue weighted by Gasteiger charge is -2.10. The molecule has 0 saturated carbocycles. The van der Waals surface area contributed by atoms with Gasteiger partial charge in [0.25, 0.3) is 0 Å². The number of aromatic nitrogens is 2. The lowest BCUT2D eigenvalue weighted by atomic mass is 10.0. The Kier molecular flexibility index (Phi) is 4.90. The summed E-state index contributed by atoms with van der Waals surface area (Å²) in [5.41, 5.74) is 3.66. The Bertz CT molecular complexity index is 666. The Morgan fingerprint density at radius 2 is 2.20 bits per heavy atom. The van der Waals surface area contributed by atoms with Gasteiger partial charge in [-0.25, -0.2) is 4.68 Å². The molecule has 1 aromatic heterocycles. The second-order valence-electron chi connectivity index (χ2n) is 4.79. The third-order valence-corrected chi connectivity index (χ3v) is 4.11. The summed E-state index contributed by atoms with van der Waals surface area (Å²) in [4.78, 5) is 5.25. The summed E-state index contributed by atoms with van der Waals surface area (Å²) in [6, 6.07) is 0. The van der Waals surface area contributed by atoms with E-state index in [9.17, 15) is 0 Å². The molecule has 106 valence electrons. The normalized spacial score (nSPS) is 22.8. The maximum atomic E-state index is 4.58. The monoisotopic (exact) mass is 287 g/mol. The molecule has 0 aliphatic heterocycles. The highest BCUT2D eigenvalue weighted by Crippen LogP contribution is 2.20. The first kappa shape index (κ1) is 14.7. The molecule has 1 aromatic rings. The van der Waals surface area contributed by atoms with E-state index in [1.165, 1.54) is 11.1 Å². The van der Waals surface area contributed by atoms with E-state index >= 15 is 0 Å². The van der Waals surface area contributed by atoms with Gasteiger partial charge in [-0.1, -0.05) is 47.3 Å². The van der Waals surface area contributed by atoms with Gasteiger partial charge < -0.3 is 0 Å². The van der Waals surface area contributed by atoms with Crippen LogP contribution < -0.4 is 4.80 Å². The molecule has 0 amide bonds. The van der Waals surface area contributed by atoms with Crippen molar-refractivity contribution in [2.45, 2.75) is 33.6 Å². The zero-order chi connectivity index (χ0) is 14.5. The summed E-state index contributed by atoms with van der Waals surface area (Å²) in [5, 5.41) is 5.60. The Morgan fingerprint density at radius 1 is 1.40 bits per heavy atom. The van der Waals surface area contributed by atoms with Gasteiger partial charge in [0.15, 0.2) is 0 Å². The number of hydrogen-bond donors (Lipinski definition) is 0. The Balaban J connectivity index is 2.52. The van der Waals surface area contributed by atoms with Crippen LogP contribution in [0.5, 0.6) is 0 Å². The van der Waals surface area contributed by atoms with Crippen molar-refractivity contribution in [2.24, 2.45) is 4.99 Å². The van der Waals surface area contributed by atoms with E-state index in [4.69, 9.17) is 0 Å². The number of allylic oxidation sites excluding steroid dienone is 8. The fourth-order valence-electron chi connectivity index (χ4n) is 2.15. The topological polar surface area (TPSA) is 30.2 Å². The lowest BCUT2D eigenvalue weighted by molar-refractivity contribution is 0.834. The van der Waals surface area contributed by atoms with Crippen molar-refractivity contribution in [3.8, 4) is 0 Å². The van der Waals surface area contributed by atoms with Gasteiger partial charge in [-0.2, -0.15) is 5.10 Å². The fourth-order valence-corrected chi connectivity index (χ4v) is 2.85. The van der Waals surface area contributed by atoms with Gasteiger partial charge in [0.2, 0.25) is 4.80 Å². The van der Waals surface area contributed by atoms with Gasteiger partial charge in [0, 0.05) is 7.05 Å². The molecular weight excluding hydrogens is 266 g/mol. The molecule has 0 spiro atoms. The van der Waals surface area contributed by atoms with E-state index in [-0.39, 0.29) is 0 Å². The van der Waals surface area contributed by atoms with Gasteiger partial charge in [-0.05, 0) is 39.2 Å². The third-order valence-electron chi connectivity index (χ3n) is 3.20. The molecule has 1 aliphatic carbocycles. The van der Waals surface area contributed by atoms with Crippen LogP contribution >= 0.6 is 11.3 Å². The lowest BCUT2D eigenvalue weighted by Crippen LogP contribution is -2.16. The highest BCUT2D eigenvalue weighted by atomic mass is 32.1. The van der Waals surface area contributed by atoms with Crippen molar-refractivity contribution in [3.63, 3.8) is 0 Å². The van der Waals surface area contributed by atoms with Crippen molar-refractivity contribution in [3.05, 3.63) is 51.3 Å². The molecule has 0 unspecified atom stereocenters. The molecule has 0 atom stereocenters. The summed E-state index contributed by atoms with van der Waals surface area (Å²) in [6.07, 6.45) is 13.1. The van der Waals surface area contributed by atoms with E-state index in [0.717, 1.165) is 28.3 Å². The van der Waals surface area contributed by atoms with Crippen LogP contribution in [0.2, 0.25) is 0 Å². The molecule has 2 rings (SSSR count). The average Bonchev–Trinajstić information content (AvgIpc) is 2.79. The highest BCUT2D eigenvalue weighted by molar-refractivity contribution is 7.08. The van der Waals surface area contributed by atoms with Crippen molar-refractivity contribution in [1.29, 1.82) is 0 Å². The molecule has 1 heterocycles.